The number of aliphatic imine (C=N–C) groups is 1. The van der Waals surface area contributed by atoms with Gasteiger partial charge in [-0.3, -0.25) is 4.90 Å². The van der Waals surface area contributed by atoms with Gasteiger partial charge in [-0.25, -0.2) is 4.99 Å². The molecule has 1 aromatic carbocycles. The molecule has 1 aromatic rings. The van der Waals surface area contributed by atoms with E-state index in [1.807, 2.05) is 12.1 Å². The monoisotopic (exact) mass is 419 g/mol. The first kappa shape index (κ1) is 24.4. The summed E-state index contributed by atoms with van der Waals surface area (Å²) >= 11 is 0. The first-order valence-electron chi connectivity index (χ1n) is 11.4. The molecule has 2 N–H and O–H groups in total. The summed E-state index contributed by atoms with van der Waals surface area (Å²) in [4.78, 5) is 9.56. The van der Waals surface area contributed by atoms with Gasteiger partial charge in [0.25, 0.3) is 0 Å². The lowest BCUT2D eigenvalue weighted by molar-refractivity contribution is 0.0211. The zero-order valence-electron chi connectivity index (χ0n) is 19.3. The molecular formula is C23H41N5O2. The third-order valence-electron chi connectivity index (χ3n) is 5.49. The van der Waals surface area contributed by atoms with Crippen LogP contribution in [0.15, 0.2) is 29.3 Å². The third kappa shape index (κ3) is 8.90. The molecule has 1 atom stereocenters. The molecule has 0 aliphatic carbocycles. The molecule has 2 rings (SSSR count). The van der Waals surface area contributed by atoms with Crippen molar-refractivity contribution in [3.63, 3.8) is 0 Å². The summed E-state index contributed by atoms with van der Waals surface area (Å²) < 4.78 is 11.3. The van der Waals surface area contributed by atoms with Gasteiger partial charge in [0.2, 0.25) is 0 Å². The fourth-order valence-corrected chi connectivity index (χ4v) is 3.43. The van der Waals surface area contributed by atoms with Gasteiger partial charge in [-0.15, -0.1) is 0 Å². The highest BCUT2D eigenvalue weighted by Crippen LogP contribution is 2.13. The summed E-state index contributed by atoms with van der Waals surface area (Å²) in [7, 11) is 0. The highest BCUT2D eigenvalue weighted by Gasteiger charge is 2.16. The van der Waals surface area contributed by atoms with E-state index in [2.05, 4.69) is 60.3 Å². The van der Waals surface area contributed by atoms with Crippen LogP contribution in [0.4, 0.5) is 0 Å². The zero-order chi connectivity index (χ0) is 21.6. The number of benzene rings is 1. The maximum absolute atomic E-state index is 5.87. The van der Waals surface area contributed by atoms with Gasteiger partial charge >= 0.3 is 0 Å². The number of nitrogens with zero attached hydrogens (tertiary/aromatic N) is 3. The Morgan fingerprint density at radius 2 is 1.83 bits per heavy atom. The molecule has 1 saturated heterocycles. The summed E-state index contributed by atoms with van der Waals surface area (Å²) in [6.45, 7) is 18.5. The van der Waals surface area contributed by atoms with Crippen LogP contribution in [0, 0.1) is 0 Å². The number of likely N-dealkylation sites (N-methyl/N-ethyl adjacent to an activating group) is 1. The lowest BCUT2D eigenvalue weighted by Crippen LogP contribution is -2.49. The van der Waals surface area contributed by atoms with Gasteiger partial charge < -0.3 is 25.0 Å². The minimum atomic E-state index is 0.450. The second kappa shape index (κ2) is 14.2. The first-order chi connectivity index (χ1) is 14.7. The highest BCUT2D eigenvalue weighted by atomic mass is 16.5. The van der Waals surface area contributed by atoms with Crippen LogP contribution in [-0.4, -0.2) is 87.4 Å². The topological polar surface area (TPSA) is 61.4 Å². The second-order valence-electron chi connectivity index (χ2n) is 7.59. The molecule has 1 aliphatic heterocycles. The predicted octanol–water partition coefficient (Wildman–Crippen LogP) is 2.18. The quantitative estimate of drug-likeness (QED) is 0.400. The fourth-order valence-electron chi connectivity index (χ4n) is 3.43. The molecule has 7 nitrogen and oxygen atoms in total. The van der Waals surface area contributed by atoms with Crippen molar-refractivity contribution in [3.05, 3.63) is 29.8 Å². The van der Waals surface area contributed by atoms with Crippen LogP contribution in [0.3, 0.4) is 0 Å². The average molecular weight is 420 g/mol. The summed E-state index contributed by atoms with van der Waals surface area (Å²) in [6.07, 6.45) is 0. The summed E-state index contributed by atoms with van der Waals surface area (Å²) in [6, 6.07) is 8.71. The van der Waals surface area contributed by atoms with Gasteiger partial charge in [-0.1, -0.05) is 26.0 Å². The van der Waals surface area contributed by atoms with E-state index in [1.54, 1.807) is 0 Å². The zero-order valence-corrected chi connectivity index (χ0v) is 19.3. The second-order valence-corrected chi connectivity index (χ2v) is 7.59. The Kier molecular flexibility index (Phi) is 11.6. The van der Waals surface area contributed by atoms with E-state index in [-0.39, 0.29) is 0 Å². The lowest BCUT2D eigenvalue weighted by atomic mass is 10.2. The molecule has 1 unspecified atom stereocenters. The Labute approximate surface area is 182 Å². The van der Waals surface area contributed by atoms with E-state index in [4.69, 9.17) is 14.5 Å². The van der Waals surface area contributed by atoms with Crippen molar-refractivity contribution < 1.29 is 9.47 Å². The number of rotatable bonds is 12. The molecule has 170 valence electrons. The molecule has 30 heavy (non-hydrogen) atoms. The van der Waals surface area contributed by atoms with Crippen LogP contribution < -0.4 is 15.4 Å². The molecule has 0 amide bonds. The van der Waals surface area contributed by atoms with Gasteiger partial charge in [0, 0.05) is 38.8 Å². The number of guanidine groups is 1. The normalized spacial score (nSPS) is 16.5. The molecule has 1 heterocycles. The Hall–Kier alpha value is -1.83. The van der Waals surface area contributed by atoms with Crippen molar-refractivity contribution in [3.8, 4) is 5.75 Å². The van der Waals surface area contributed by atoms with E-state index in [1.165, 1.54) is 5.56 Å². The van der Waals surface area contributed by atoms with Crippen molar-refractivity contribution in [1.82, 2.24) is 20.4 Å². The van der Waals surface area contributed by atoms with Crippen molar-refractivity contribution in [2.24, 2.45) is 4.99 Å². The standard InChI is InChI=1S/C23H41N5O2/c1-5-24-23(25-18-20(4)28-13-15-29-16-14-28)26-19-21-8-10-22(11-9-21)30-17-12-27(6-2)7-3/h8-11,20H,5-7,12-19H2,1-4H3,(H2,24,25,26). The molecule has 0 radical (unpaired) electrons. The van der Waals surface area contributed by atoms with Gasteiger partial charge in [0.05, 0.1) is 19.8 Å². The lowest BCUT2D eigenvalue weighted by Gasteiger charge is -2.32. The minimum absolute atomic E-state index is 0.450. The Bertz CT molecular complexity index is 598. The van der Waals surface area contributed by atoms with E-state index in [0.29, 0.717) is 12.6 Å². The average Bonchev–Trinajstić information content (AvgIpc) is 2.79. The third-order valence-corrected chi connectivity index (χ3v) is 5.49. The number of hydrogen-bond acceptors (Lipinski definition) is 5. The smallest absolute Gasteiger partial charge is 0.191 e. The Balaban J connectivity index is 1.78. The van der Waals surface area contributed by atoms with E-state index < -0.39 is 0 Å². The largest absolute Gasteiger partial charge is 0.492 e. The van der Waals surface area contributed by atoms with Gasteiger partial charge in [-0.05, 0) is 44.6 Å². The first-order valence-corrected chi connectivity index (χ1v) is 11.4. The van der Waals surface area contributed by atoms with E-state index in [9.17, 15) is 0 Å². The van der Waals surface area contributed by atoms with E-state index in [0.717, 1.165) is 77.3 Å². The molecule has 0 spiro atoms. The predicted molar refractivity (Wildman–Crippen MR) is 124 cm³/mol. The number of hydrogen-bond donors (Lipinski definition) is 2. The molecule has 0 bridgehead atoms. The fraction of sp³-hybridized carbons (Fsp3) is 0.696. The van der Waals surface area contributed by atoms with E-state index >= 15 is 0 Å². The number of ether oxygens (including phenoxy) is 2. The summed E-state index contributed by atoms with van der Waals surface area (Å²) in [5, 5.41) is 6.81. The highest BCUT2D eigenvalue weighted by molar-refractivity contribution is 5.79. The molecule has 0 aromatic heterocycles. The summed E-state index contributed by atoms with van der Waals surface area (Å²) in [5.41, 5.74) is 1.17. The van der Waals surface area contributed by atoms with Gasteiger partial charge in [0.15, 0.2) is 5.96 Å². The van der Waals surface area contributed by atoms with Crippen LogP contribution in [0.25, 0.3) is 0 Å². The molecule has 7 heteroatoms. The van der Waals surface area contributed by atoms with Crippen LogP contribution >= 0.6 is 0 Å². The Morgan fingerprint density at radius 3 is 2.47 bits per heavy atom. The van der Waals surface area contributed by atoms with Crippen molar-refractivity contribution in [2.75, 3.05) is 65.6 Å². The maximum Gasteiger partial charge on any atom is 0.191 e. The Morgan fingerprint density at radius 1 is 1.13 bits per heavy atom. The van der Waals surface area contributed by atoms with Crippen molar-refractivity contribution in [2.45, 2.75) is 40.3 Å². The SMILES string of the molecule is CCNC(=NCc1ccc(OCCN(CC)CC)cc1)NCC(C)N1CCOCC1. The minimum Gasteiger partial charge on any atom is -0.492 e. The van der Waals surface area contributed by atoms with Crippen LogP contribution in [0.2, 0.25) is 0 Å². The number of morpholine rings is 1. The summed E-state index contributed by atoms with van der Waals surface area (Å²) in [5.74, 6) is 1.77. The molecule has 1 fully saturated rings. The maximum atomic E-state index is 5.87. The number of nitrogens with one attached hydrogen (secondary N) is 2. The van der Waals surface area contributed by atoms with Gasteiger partial charge in [0.1, 0.15) is 12.4 Å². The van der Waals surface area contributed by atoms with Gasteiger partial charge in [-0.2, -0.15) is 0 Å². The van der Waals surface area contributed by atoms with Crippen LogP contribution in [0.5, 0.6) is 5.75 Å². The van der Waals surface area contributed by atoms with Crippen LogP contribution in [0.1, 0.15) is 33.3 Å². The van der Waals surface area contributed by atoms with Crippen molar-refractivity contribution in [1.29, 1.82) is 0 Å². The molecule has 0 saturated carbocycles. The molecular weight excluding hydrogens is 378 g/mol. The van der Waals surface area contributed by atoms with Crippen LogP contribution in [-0.2, 0) is 11.3 Å². The van der Waals surface area contributed by atoms with Crippen molar-refractivity contribution >= 4 is 5.96 Å². The molecule has 1 aliphatic rings.